The van der Waals surface area contributed by atoms with E-state index in [2.05, 4.69) is 37.2 Å². The second-order valence-corrected chi connectivity index (χ2v) is 19.5. The molecule has 0 radical (unpaired) electrons. The molecule has 10 unspecified atom stereocenters. The highest BCUT2D eigenvalue weighted by Crippen LogP contribution is 2.22. The molecule has 1 aromatic carbocycles. The van der Waals surface area contributed by atoms with Crippen LogP contribution in [0.2, 0.25) is 0 Å². The Balaban J connectivity index is 2.33. The number of likely N-dealkylation sites (tertiary alicyclic amines) is 1. The quantitative estimate of drug-likeness (QED) is 0.0407. The summed E-state index contributed by atoms with van der Waals surface area (Å²) >= 11 is 1.46. The van der Waals surface area contributed by atoms with Gasteiger partial charge in [0, 0.05) is 25.8 Å². The topological polar surface area (TPSA) is 382 Å². The average molecular weight is 1040 g/mol. The fourth-order valence-corrected chi connectivity index (χ4v) is 8.08. The highest BCUT2D eigenvalue weighted by Gasteiger charge is 2.41. The number of carboxylic acid groups (broad SMARTS) is 3. The van der Waals surface area contributed by atoms with Crippen molar-refractivity contribution in [3.8, 4) is 0 Å². The molecule has 402 valence electrons. The Morgan fingerprint density at radius 3 is 1.68 bits per heavy atom. The molecule has 0 saturated carbocycles. The molecule has 0 bridgehead atoms. The van der Waals surface area contributed by atoms with Crippen LogP contribution in [0, 0.1) is 11.8 Å². The fraction of sp³-hybridized carbons (Fsp3) is 0.638. The summed E-state index contributed by atoms with van der Waals surface area (Å²) in [5.41, 5.74) is 6.54. The van der Waals surface area contributed by atoms with Gasteiger partial charge in [0.15, 0.2) is 0 Å². The van der Waals surface area contributed by atoms with Gasteiger partial charge in [0.2, 0.25) is 47.3 Å². The zero-order valence-corrected chi connectivity index (χ0v) is 42.6. The molecule has 1 aromatic rings. The van der Waals surface area contributed by atoms with Crippen LogP contribution in [0.25, 0.3) is 0 Å². The SMILES string of the molecule is CSCCC(N)C(=O)NC(C)C(=O)NC(CCC(=O)O)C(=O)NC(C(=O)NC(CCC(=O)O)C(=O)NC(C(=O)N1CCCC1C(=O)NC(Cc1ccccc1)C(=O)NC(CC(C)C)C(=O)O)C(C)C)C(C)O. The minimum Gasteiger partial charge on any atom is -0.481 e. The smallest absolute Gasteiger partial charge is 0.326 e. The fourth-order valence-electron chi connectivity index (χ4n) is 7.59. The van der Waals surface area contributed by atoms with Crippen molar-refractivity contribution in [1.82, 2.24) is 42.1 Å². The molecule has 10 atom stereocenters. The molecule has 0 aromatic heterocycles. The number of benzene rings is 1. The van der Waals surface area contributed by atoms with Gasteiger partial charge in [-0.25, -0.2) is 4.79 Å². The van der Waals surface area contributed by atoms with E-state index in [1.165, 1.54) is 23.6 Å². The van der Waals surface area contributed by atoms with Crippen LogP contribution in [-0.2, 0) is 59.2 Å². The summed E-state index contributed by atoms with van der Waals surface area (Å²) in [7, 11) is 0. The standard InChI is InChI=1S/C47H73N9O15S/c1-24(2)22-33(47(70)71)53-43(66)32(23-28-12-9-8-10-13-28)52-44(67)34-14-11-20-56(34)46(69)37(25(3)4)54-41(64)31(16-18-36(60)61)51-45(68)38(27(6)57)55-42(65)30(15-17-35(58)59)50-39(62)26(5)49-40(63)29(48)19-21-72-7/h8-10,12-13,24-27,29-34,37-38,57H,11,14-23,48H2,1-7H3,(H,49,63)(H,50,62)(H,51,68)(H,52,67)(H,53,66)(H,54,64)(H,55,65)(H,58,59)(H,60,61)(H,70,71). The van der Waals surface area contributed by atoms with Gasteiger partial charge in [-0.3, -0.25) is 47.9 Å². The van der Waals surface area contributed by atoms with Crippen molar-refractivity contribution in [2.45, 2.75) is 160 Å². The first-order chi connectivity index (χ1) is 33.8. The molecule has 1 saturated heterocycles. The number of carboxylic acids is 3. The second-order valence-electron chi connectivity index (χ2n) is 18.5. The zero-order chi connectivity index (χ0) is 54.4. The molecule has 25 heteroatoms. The highest BCUT2D eigenvalue weighted by molar-refractivity contribution is 7.98. The lowest BCUT2D eigenvalue weighted by Gasteiger charge is -2.32. The van der Waals surface area contributed by atoms with E-state index in [1.807, 2.05) is 6.26 Å². The number of aliphatic hydroxyl groups excluding tert-OH is 1. The Morgan fingerprint density at radius 2 is 1.18 bits per heavy atom. The van der Waals surface area contributed by atoms with E-state index in [1.54, 1.807) is 58.0 Å². The molecular formula is C47H73N9O15S. The van der Waals surface area contributed by atoms with Gasteiger partial charge in [0.25, 0.3) is 0 Å². The number of hydrogen-bond donors (Lipinski definition) is 12. The van der Waals surface area contributed by atoms with Crippen molar-refractivity contribution in [1.29, 1.82) is 0 Å². The van der Waals surface area contributed by atoms with Crippen LogP contribution in [-0.4, -0.2) is 170 Å². The maximum absolute atomic E-state index is 14.3. The number of nitrogens with one attached hydrogen (secondary N) is 7. The predicted molar refractivity (Wildman–Crippen MR) is 262 cm³/mol. The van der Waals surface area contributed by atoms with Gasteiger partial charge in [-0.05, 0) is 81.8 Å². The largest absolute Gasteiger partial charge is 0.481 e. The van der Waals surface area contributed by atoms with Crippen LogP contribution in [0.1, 0.15) is 98.5 Å². The summed E-state index contributed by atoms with van der Waals surface area (Å²) in [5.74, 6) is -11.3. The van der Waals surface area contributed by atoms with Crippen LogP contribution in [0.3, 0.4) is 0 Å². The van der Waals surface area contributed by atoms with Crippen molar-refractivity contribution in [2.24, 2.45) is 17.6 Å². The molecule has 72 heavy (non-hydrogen) atoms. The minimum absolute atomic E-state index is 0.0163. The highest BCUT2D eigenvalue weighted by atomic mass is 32.2. The second kappa shape index (κ2) is 30.5. The lowest BCUT2D eigenvalue weighted by atomic mass is 10.00. The minimum atomic E-state index is -1.88. The molecule has 1 heterocycles. The number of aliphatic hydroxyl groups is 1. The predicted octanol–water partition coefficient (Wildman–Crippen LogP) is -1.39. The summed E-state index contributed by atoms with van der Waals surface area (Å²) in [4.78, 5) is 145. The van der Waals surface area contributed by atoms with Gasteiger partial charge in [-0.1, -0.05) is 58.0 Å². The molecule has 1 aliphatic rings. The van der Waals surface area contributed by atoms with Crippen molar-refractivity contribution in [3.05, 3.63) is 35.9 Å². The summed E-state index contributed by atoms with van der Waals surface area (Å²) in [6.45, 7) is 9.22. The van der Waals surface area contributed by atoms with E-state index < -0.39 is 157 Å². The van der Waals surface area contributed by atoms with Gasteiger partial charge in [-0.2, -0.15) is 11.8 Å². The summed E-state index contributed by atoms with van der Waals surface area (Å²) in [5, 5.41) is 56.5. The lowest BCUT2D eigenvalue weighted by Crippen LogP contribution is -2.62. The molecule has 2 rings (SSSR count). The van der Waals surface area contributed by atoms with Gasteiger partial charge in [-0.15, -0.1) is 0 Å². The number of nitrogens with two attached hydrogens (primary N) is 1. The molecule has 13 N–H and O–H groups in total. The summed E-state index contributed by atoms with van der Waals surface area (Å²) in [6, 6.07) is -3.71. The molecule has 1 fully saturated rings. The first-order valence-electron chi connectivity index (χ1n) is 23.8. The van der Waals surface area contributed by atoms with E-state index >= 15 is 0 Å². The van der Waals surface area contributed by atoms with E-state index in [9.17, 15) is 73.2 Å². The Hall–Kier alpha value is -6.34. The number of carbonyl (C=O) groups is 11. The normalized spacial score (nSPS) is 17.1. The van der Waals surface area contributed by atoms with Crippen LogP contribution in [0.15, 0.2) is 30.3 Å². The van der Waals surface area contributed by atoms with Crippen LogP contribution in [0.5, 0.6) is 0 Å². The van der Waals surface area contributed by atoms with Crippen molar-refractivity contribution < 1.29 is 73.2 Å². The molecule has 0 aliphatic carbocycles. The van der Waals surface area contributed by atoms with Gasteiger partial charge in [0.05, 0.1) is 12.1 Å². The first-order valence-corrected chi connectivity index (χ1v) is 25.2. The van der Waals surface area contributed by atoms with E-state index in [4.69, 9.17) is 5.73 Å². The molecule has 0 spiro atoms. The van der Waals surface area contributed by atoms with E-state index in [0.29, 0.717) is 24.2 Å². The number of carbonyl (C=O) groups excluding carboxylic acids is 8. The third kappa shape index (κ3) is 20.8. The van der Waals surface area contributed by atoms with Crippen LogP contribution in [0.4, 0.5) is 0 Å². The van der Waals surface area contributed by atoms with Crippen LogP contribution < -0.4 is 43.0 Å². The number of rotatable bonds is 31. The number of thioether (sulfide) groups is 1. The Labute approximate surface area is 422 Å². The van der Waals surface area contributed by atoms with E-state index in [0.717, 1.165) is 6.92 Å². The molecule has 1 aliphatic heterocycles. The van der Waals surface area contributed by atoms with Crippen molar-refractivity contribution >= 4 is 76.9 Å². The zero-order valence-electron chi connectivity index (χ0n) is 41.8. The van der Waals surface area contributed by atoms with Crippen LogP contribution >= 0.6 is 11.8 Å². The monoisotopic (exact) mass is 1040 g/mol. The summed E-state index contributed by atoms with van der Waals surface area (Å²) in [6.07, 6.45) is -1.33. The third-order valence-corrected chi connectivity index (χ3v) is 12.3. The van der Waals surface area contributed by atoms with Crippen molar-refractivity contribution in [3.63, 3.8) is 0 Å². The molecule has 8 amide bonds. The number of aliphatic carboxylic acids is 3. The first kappa shape index (κ1) is 61.8. The number of amides is 8. The van der Waals surface area contributed by atoms with Crippen molar-refractivity contribution in [2.75, 3.05) is 18.6 Å². The molecule has 24 nitrogen and oxygen atoms in total. The maximum atomic E-state index is 14.3. The maximum Gasteiger partial charge on any atom is 0.326 e. The third-order valence-electron chi connectivity index (χ3n) is 11.7. The number of hydrogen-bond acceptors (Lipinski definition) is 14. The molecular weight excluding hydrogens is 963 g/mol. The number of nitrogens with zero attached hydrogens (tertiary/aromatic N) is 1. The van der Waals surface area contributed by atoms with Gasteiger partial charge < -0.3 is 68.3 Å². The Morgan fingerprint density at radius 1 is 0.653 bits per heavy atom. The Kier molecular flexibility index (Phi) is 26.2. The van der Waals surface area contributed by atoms with Gasteiger partial charge in [0.1, 0.15) is 48.3 Å². The lowest BCUT2D eigenvalue weighted by molar-refractivity contribution is -0.144. The Bertz CT molecular complexity index is 2060. The van der Waals surface area contributed by atoms with E-state index in [-0.39, 0.29) is 31.7 Å². The summed E-state index contributed by atoms with van der Waals surface area (Å²) < 4.78 is 0. The van der Waals surface area contributed by atoms with Gasteiger partial charge >= 0.3 is 17.9 Å². The average Bonchev–Trinajstić information content (AvgIpc) is 3.81.